The molecule has 2 aliphatic rings. The second-order valence-electron chi connectivity index (χ2n) is 3.52. The third-order valence-corrected chi connectivity index (χ3v) is 2.07. The van der Waals surface area contributed by atoms with Crippen LogP contribution in [-0.2, 0) is 4.79 Å². The van der Waals surface area contributed by atoms with Crippen LogP contribution in [0.25, 0.3) is 0 Å². The van der Waals surface area contributed by atoms with E-state index in [2.05, 4.69) is 48.6 Å². The molecule has 2 nitrogen and oxygen atoms in total. The van der Waals surface area contributed by atoms with Crippen molar-refractivity contribution in [3.05, 3.63) is 78.9 Å². The molecule has 0 spiro atoms. The number of hydrogen-bond donors (Lipinski definition) is 1. The number of para-hydroxylation sites is 1. The average molecular weight is 256 g/mol. The molecule has 1 N–H and O–H groups in total. The van der Waals surface area contributed by atoms with Crippen molar-refractivity contribution in [2.45, 2.75) is 12.8 Å². The van der Waals surface area contributed by atoms with Crippen molar-refractivity contribution in [2.24, 2.45) is 0 Å². The Labute approximate surface area is 115 Å². The number of rotatable bonds is 0. The van der Waals surface area contributed by atoms with Crippen LogP contribution in [0.3, 0.4) is 0 Å². The Morgan fingerprint density at radius 2 is 1.11 bits per heavy atom. The van der Waals surface area contributed by atoms with Crippen LogP contribution in [0.2, 0.25) is 0 Å². The molecule has 1 aromatic rings. The third kappa shape index (κ3) is 11.9. The van der Waals surface area contributed by atoms with Crippen LogP contribution >= 0.6 is 0 Å². The van der Waals surface area contributed by atoms with Crippen molar-refractivity contribution in [2.75, 3.05) is 0 Å². The fraction of sp³-hybridized carbons (Fsp3) is 0.118. The van der Waals surface area contributed by atoms with Gasteiger partial charge in [0.25, 0.3) is 0 Å². The zero-order valence-electron chi connectivity index (χ0n) is 11.0. The van der Waals surface area contributed by atoms with E-state index in [-0.39, 0.29) is 0 Å². The number of carbonyl (C=O) groups excluding carboxylic acids is 1. The van der Waals surface area contributed by atoms with Crippen LogP contribution in [0.1, 0.15) is 12.8 Å². The van der Waals surface area contributed by atoms with Gasteiger partial charge in [-0.2, -0.15) is 0 Å². The maximum Gasteiger partial charge on any atom is 0.115 e. The molecular weight excluding hydrogens is 236 g/mol. The predicted octanol–water partition coefficient (Wildman–Crippen LogP) is 4.21. The zero-order valence-corrected chi connectivity index (χ0v) is 11.0. The average Bonchev–Trinajstić information content (AvgIpc) is 3.20. The fourth-order valence-corrected chi connectivity index (χ4v) is 1.21. The number of hydrogen-bond acceptors (Lipinski definition) is 2. The summed E-state index contributed by atoms with van der Waals surface area (Å²) in [5, 5.41) is 8.63. The minimum absolute atomic E-state index is 0.322. The molecule has 0 amide bonds. The number of carbonyl (C=O) groups is 1. The third-order valence-electron chi connectivity index (χ3n) is 2.07. The van der Waals surface area contributed by atoms with E-state index in [0.29, 0.717) is 5.75 Å². The SMILES string of the molecule is C1=CCC=C1.C1=CCC=C1.C=O.Oc1ccccc1. The molecule has 100 valence electrons. The summed E-state index contributed by atoms with van der Waals surface area (Å²) in [4.78, 5) is 8.00. The first-order valence-corrected chi connectivity index (χ1v) is 6.06. The van der Waals surface area contributed by atoms with E-state index < -0.39 is 0 Å². The van der Waals surface area contributed by atoms with Crippen LogP contribution in [0.4, 0.5) is 0 Å². The summed E-state index contributed by atoms with van der Waals surface area (Å²) in [6.07, 6.45) is 19.0. The lowest BCUT2D eigenvalue weighted by Gasteiger charge is -1.82. The second-order valence-corrected chi connectivity index (χ2v) is 3.52. The topological polar surface area (TPSA) is 37.3 Å². The molecule has 0 aliphatic heterocycles. The molecule has 0 aromatic heterocycles. The van der Waals surface area contributed by atoms with Crippen molar-refractivity contribution < 1.29 is 9.90 Å². The highest BCUT2D eigenvalue weighted by Crippen LogP contribution is 2.02. The van der Waals surface area contributed by atoms with Crippen molar-refractivity contribution in [1.29, 1.82) is 0 Å². The second kappa shape index (κ2) is 13.7. The number of aromatic hydroxyl groups is 1. The molecule has 1 aromatic carbocycles. The van der Waals surface area contributed by atoms with E-state index in [1.54, 1.807) is 24.3 Å². The van der Waals surface area contributed by atoms with E-state index in [0.717, 1.165) is 12.8 Å². The predicted molar refractivity (Wildman–Crippen MR) is 81.0 cm³/mol. The van der Waals surface area contributed by atoms with Gasteiger partial charge in [0.15, 0.2) is 0 Å². The summed E-state index contributed by atoms with van der Waals surface area (Å²) >= 11 is 0. The van der Waals surface area contributed by atoms with E-state index >= 15 is 0 Å². The lowest BCUT2D eigenvalue weighted by molar-refractivity contribution is -0.0979. The van der Waals surface area contributed by atoms with Gasteiger partial charge in [-0.05, 0) is 25.0 Å². The van der Waals surface area contributed by atoms with Crippen molar-refractivity contribution >= 4 is 6.79 Å². The normalized spacial score (nSPS) is 12.6. The maximum absolute atomic E-state index is 8.63. The number of allylic oxidation sites excluding steroid dienone is 8. The Balaban J connectivity index is 0.000000244. The molecule has 0 bridgehead atoms. The van der Waals surface area contributed by atoms with Crippen LogP contribution in [0.15, 0.2) is 78.9 Å². The summed E-state index contributed by atoms with van der Waals surface area (Å²) < 4.78 is 0. The van der Waals surface area contributed by atoms with E-state index in [1.807, 2.05) is 12.9 Å². The van der Waals surface area contributed by atoms with Gasteiger partial charge in [-0.15, -0.1) is 0 Å². The molecule has 0 fully saturated rings. The molecule has 0 radical (unpaired) electrons. The Morgan fingerprint density at radius 1 is 0.737 bits per heavy atom. The highest BCUT2D eigenvalue weighted by molar-refractivity contribution is 5.18. The van der Waals surface area contributed by atoms with Gasteiger partial charge in [0.1, 0.15) is 12.5 Å². The lowest BCUT2D eigenvalue weighted by Crippen LogP contribution is -1.56. The van der Waals surface area contributed by atoms with Gasteiger partial charge in [0, 0.05) is 0 Å². The van der Waals surface area contributed by atoms with Crippen LogP contribution in [-0.4, -0.2) is 11.9 Å². The Morgan fingerprint density at radius 3 is 1.26 bits per heavy atom. The van der Waals surface area contributed by atoms with Crippen LogP contribution in [0.5, 0.6) is 5.75 Å². The van der Waals surface area contributed by atoms with Gasteiger partial charge in [0.2, 0.25) is 0 Å². The molecule has 3 rings (SSSR count). The van der Waals surface area contributed by atoms with E-state index in [9.17, 15) is 0 Å². The van der Waals surface area contributed by atoms with Crippen LogP contribution in [0, 0.1) is 0 Å². The summed E-state index contributed by atoms with van der Waals surface area (Å²) in [6.45, 7) is 2.00. The number of phenols is 1. The lowest BCUT2D eigenvalue weighted by atomic mass is 10.3. The van der Waals surface area contributed by atoms with Gasteiger partial charge >= 0.3 is 0 Å². The molecule has 2 heteroatoms. The minimum Gasteiger partial charge on any atom is -0.508 e. The first kappa shape index (κ1) is 16.7. The molecule has 0 atom stereocenters. The van der Waals surface area contributed by atoms with Gasteiger partial charge in [0.05, 0.1) is 0 Å². The Hall–Kier alpha value is -2.35. The largest absolute Gasteiger partial charge is 0.508 e. The van der Waals surface area contributed by atoms with Crippen molar-refractivity contribution in [3.63, 3.8) is 0 Å². The van der Waals surface area contributed by atoms with Gasteiger partial charge in [-0.3, -0.25) is 0 Å². The molecule has 0 unspecified atom stereocenters. The fourth-order valence-electron chi connectivity index (χ4n) is 1.21. The smallest absolute Gasteiger partial charge is 0.115 e. The molecule has 0 saturated carbocycles. The summed E-state index contributed by atoms with van der Waals surface area (Å²) in [7, 11) is 0. The molecule has 0 heterocycles. The summed E-state index contributed by atoms with van der Waals surface area (Å²) in [5.74, 6) is 0.322. The maximum atomic E-state index is 8.63. The van der Waals surface area contributed by atoms with Gasteiger partial charge < -0.3 is 9.90 Å². The van der Waals surface area contributed by atoms with Crippen molar-refractivity contribution in [3.8, 4) is 5.75 Å². The highest BCUT2D eigenvalue weighted by Gasteiger charge is 1.75. The first-order valence-electron chi connectivity index (χ1n) is 6.06. The Kier molecular flexibility index (Phi) is 12.0. The molecule has 2 aliphatic carbocycles. The minimum atomic E-state index is 0.322. The molecule has 19 heavy (non-hydrogen) atoms. The van der Waals surface area contributed by atoms with Gasteiger partial charge in [-0.25, -0.2) is 0 Å². The van der Waals surface area contributed by atoms with E-state index in [4.69, 9.17) is 9.90 Å². The standard InChI is InChI=1S/C6H6O.2C5H6.CH2O/c7-6-4-2-1-3-5-6;2*1-2-4-5-3-1;1-2/h1-5,7H;2*1-4H,5H2;1H2. The summed E-state index contributed by atoms with van der Waals surface area (Å²) in [5.41, 5.74) is 0. The number of phenolic OH excluding ortho intramolecular Hbond substituents is 1. The summed E-state index contributed by atoms with van der Waals surface area (Å²) in [6, 6.07) is 8.71. The monoisotopic (exact) mass is 256 g/mol. The van der Waals surface area contributed by atoms with E-state index in [1.165, 1.54) is 0 Å². The van der Waals surface area contributed by atoms with Crippen LogP contribution < -0.4 is 0 Å². The van der Waals surface area contributed by atoms with Gasteiger partial charge in [-0.1, -0.05) is 66.8 Å². The molecule has 0 saturated heterocycles. The number of benzene rings is 1. The first-order chi connectivity index (χ1) is 9.39. The molecular formula is C17H20O2. The highest BCUT2D eigenvalue weighted by atomic mass is 16.3. The Bertz CT molecular complexity index is 372. The quantitative estimate of drug-likeness (QED) is 0.755. The zero-order chi connectivity index (χ0) is 14.2. The van der Waals surface area contributed by atoms with Crippen molar-refractivity contribution in [1.82, 2.24) is 0 Å².